The molecule has 0 aromatic heterocycles. The van der Waals surface area contributed by atoms with Crippen molar-refractivity contribution < 1.29 is 9.53 Å². The smallest absolute Gasteiger partial charge is 0.266 e. The van der Waals surface area contributed by atoms with E-state index >= 15 is 0 Å². The number of amides is 1. The fraction of sp³-hybridized carbons (Fsp3) is 0.0556. The zero-order chi connectivity index (χ0) is 18.2. The van der Waals surface area contributed by atoms with Gasteiger partial charge in [0.15, 0.2) is 6.61 Å². The standard InChI is InChI=1S/C18H11Cl2N3O2/c19-14-3-6-16(20)17(10-14)23-18(24)13(11-22)9-12-1-4-15(5-2-12)25-8-7-21/h1-6,9-10H,8H2,(H,23,24)/b13-9+. The molecule has 0 aliphatic carbocycles. The molecule has 0 unspecified atom stereocenters. The van der Waals surface area contributed by atoms with Gasteiger partial charge in [-0.05, 0) is 42.0 Å². The predicted octanol–water partition coefficient (Wildman–Crippen LogP) is 4.44. The van der Waals surface area contributed by atoms with Crippen molar-refractivity contribution in [1.29, 1.82) is 10.5 Å². The molecule has 7 heteroatoms. The highest BCUT2D eigenvalue weighted by Gasteiger charge is 2.12. The Morgan fingerprint density at radius 2 is 1.88 bits per heavy atom. The summed E-state index contributed by atoms with van der Waals surface area (Å²) in [6.45, 7) is -0.0541. The second-order valence-electron chi connectivity index (χ2n) is 4.76. The third kappa shape index (κ3) is 5.26. The van der Waals surface area contributed by atoms with E-state index in [2.05, 4.69) is 5.32 Å². The highest BCUT2D eigenvalue weighted by atomic mass is 35.5. The van der Waals surface area contributed by atoms with Gasteiger partial charge in [0.1, 0.15) is 23.5 Å². The average molecular weight is 372 g/mol. The molecule has 0 bridgehead atoms. The van der Waals surface area contributed by atoms with Crippen molar-refractivity contribution in [2.24, 2.45) is 0 Å². The van der Waals surface area contributed by atoms with Gasteiger partial charge in [0.05, 0.1) is 10.7 Å². The molecule has 0 aliphatic heterocycles. The topological polar surface area (TPSA) is 85.9 Å². The van der Waals surface area contributed by atoms with E-state index in [-0.39, 0.29) is 12.2 Å². The molecule has 2 aromatic rings. The van der Waals surface area contributed by atoms with Crippen LogP contribution in [-0.4, -0.2) is 12.5 Å². The maximum atomic E-state index is 12.3. The van der Waals surface area contributed by atoms with Crippen molar-refractivity contribution in [3.8, 4) is 17.9 Å². The summed E-state index contributed by atoms with van der Waals surface area (Å²) in [4.78, 5) is 12.3. The van der Waals surface area contributed by atoms with Crippen molar-refractivity contribution in [3.05, 3.63) is 63.6 Å². The van der Waals surface area contributed by atoms with E-state index < -0.39 is 5.91 Å². The lowest BCUT2D eigenvalue weighted by Crippen LogP contribution is -2.13. The summed E-state index contributed by atoms with van der Waals surface area (Å²) >= 11 is 11.9. The number of nitrogens with zero attached hydrogens (tertiary/aromatic N) is 2. The number of carbonyl (C=O) groups is 1. The van der Waals surface area contributed by atoms with Crippen molar-refractivity contribution in [1.82, 2.24) is 0 Å². The first-order chi connectivity index (χ1) is 12.0. The van der Waals surface area contributed by atoms with E-state index in [1.165, 1.54) is 12.1 Å². The molecule has 0 aliphatic rings. The van der Waals surface area contributed by atoms with E-state index in [4.69, 9.17) is 33.2 Å². The Hall–Kier alpha value is -2.99. The van der Waals surface area contributed by atoms with Gasteiger partial charge in [-0.15, -0.1) is 0 Å². The molecule has 0 saturated carbocycles. The van der Waals surface area contributed by atoms with Crippen molar-refractivity contribution in [2.75, 3.05) is 11.9 Å². The van der Waals surface area contributed by atoms with Gasteiger partial charge < -0.3 is 10.1 Å². The van der Waals surface area contributed by atoms with Crippen LogP contribution in [0.25, 0.3) is 6.08 Å². The van der Waals surface area contributed by atoms with Crippen LogP contribution in [0, 0.1) is 22.7 Å². The highest BCUT2D eigenvalue weighted by Crippen LogP contribution is 2.26. The summed E-state index contributed by atoms with van der Waals surface area (Å²) in [6, 6.07) is 15.0. The third-order valence-corrected chi connectivity index (χ3v) is 3.60. The third-order valence-electron chi connectivity index (χ3n) is 3.04. The molecule has 0 heterocycles. The lowest BCUT2D eigenvalue weighted by Gasteiger charge is -2.07. The number of halogens is 2. The Kier molecular flexibility index (Phi) is 6.42. The molecule has 5 nitrogen and oxygen atoms in total. The van der Waals surface area contributed by atoms with Crippen molar-refractivity contribution >= 4 is 40.9 Å². The Morgan fingerprint density at radius 3 is 2.52 bits per heavy atom. The average Bonchev–Trinajstić information content (AvgIpc) is 2.61. The minimum absolute atomic E-state index is 0.0541. The molecule has 124 valence electrons. The zero-order valence-corrected chi connectivity index (χ0v) is 14.3. The summed E-state index contributed by atoms with van der Waals surface area (Å²) in [6.07, 6.45) is 1.43. The Morgan fingerprint density at radius 1 is 1.16 bits per heavy atom. The van der Waals surface area contributed by atoms with E-state index in [1.807, 2.05) is 12.1 Å². The van der Waals surface area contributed by atoms with Gasteiger partial charge in [-0.1, -0.05) is 35.3 Å². The molecule has 0 atom stereocenters. The van der Waals surface area contributed by atoms with Gasteiger partial charge in [-0.2, -0.15) is 10.5 Å². The first kappa shape index (κ1) is 18.4. The van der Waals surface area contributed by atoms with Gasteiger partial charge in [0, 0.05) is 5.02 Å². The van der Waals surface area contributed by atoms with Crippen LogP contribution in [0.2, 0.25) is 10.0 Å². The SMILES string of the molecule is N#CCOc1ccc(/C=C(\C#N)C(=O)Nc2cc(Cl)ccc2Cl)cc1. The fourth-order valence-corrected chi connectivity index (χ4v) is 2.21. The second-order valence-corrected chi connectivity index (χ2v) is 5.61. The summed E-state index contributed by atoms with van der Waals surface area (Å²) in [5, 5.41) is 21.0. The van der Waals surface area contributed by atoms with Crippen LogP contribution in [0.5, 0.6) is 5.75 Å². The quantitative estimate of drug-likeness (QED) is 0.621. The lowest BCUT2D eigenvalue weighted by molar-refractivity contribution is -0.112. The number of benzene rings is 2. The first-order valence-corrected chi connectivity index (χ1v) is 7.77. The highest BCUT2D eigenvalue weighted by molar-refractivity contribution is 6.36. The maximum absolute atomic E-state index is 12.3. The monoisotopic (exact) mass is 371 g/mol. The summed E-state index contributed by atoms with van der Waals surface area (Å²) in [5.74, 6) is -0.0798. The number of nitriles is 2. The molecule has 25 heavy (non-hydrogen) atoms. The number of nitrogens with one attached hydrogen (secondary N) is 1. The van der Waals surface area contributed by atoms with E-state index in [0.29, 0.717) is 27.0 Å². The Balaban J connectivity index is 2.16. The number of anilines is 1. The van der Waals surface area contributed by atoms with Crippen molar-refractivity contribution in [2.45, 2.75) is 0 Å². The number of hydrogen-bond donors (Lipinski definition) is 1. The Bertz CT molecular complexity index is 894. The molecule has 0 saturated heterocycles. The Labute approximate surface area is 154 Å². The number of ether oxygens (including phenoxy) is 1. The van der Waals surface area contributed by atoms with E-state index in [0.717, 1.165) is 0 Å². The molecule has 1 amide bonds. The normalized spacial score (nSPS) is 10.5. The molecule has 0 fully saturated rings. The van der Waals surface area contributed by atoms with Crippen LogP contribution in [0.4, 0.5) is 5.69 Å². The molecule has 2 rings (SSSR count). The summed E-state index contributed by atoms with van der Waals surface area (Å²) in [7, 11) is 0. The van der Waals surface area contributed by atoms with Crippen LogP contribution < -0.4 is 10.1 Å². The van der Waals surface area contributed by atoms with Crippen LogP contribution in [0.3, 0.4) is 0 Å². The minimum Gasteiger partial charge on any atom is -0.479 e. The van der Waals surface area contributed by atoms with Gasteiger partial charge in [0.25, 0.3) is 5.91 Å². The van der Waals surface area contributed by atoms with Crippen LogP contribution in [0.1, 0.15) is 5.56 Å². The lowest BCUT2D eigenvalue weighted by atomic mass is 10.1. The van der Waals surface area contributed by atoms with Crippen LogP contribution in [-0.2, 0) is 4.79 Å². The second kappa shape index (κ2) is 8.75. The van der Waals surface area contributed by atoms with Gasteiger partial charge >= 0.3 is 0 Å². The summed E-state index contributed by atoms with van der Waals surface area (Å²) < 4.78 is 5.14. The number of carbonyl (C=O) groups excluding carboxylic acids is 1. The fourth-order valence-electron chi connectivity index (χ4n) is 1.87. The zero-order valence-electron chi connectivity index (χ0n) is 12.8. The van der Waals surface area contributed by atoms with Gasteiger partial charge in [0.2, 0.25) is 0 Å². The molecule has 0 spiro atoms. The maximum Gasteiger partial charge on any atom is 0.266 e. The molecular formula is C18H11Cl2N3O2. The minimum atomic E-state index is -0.600. The van der Waals surface area contributed by atoms with Crippen LogP contribution >= 0.6 is 23.2 Å². The van der Waals surface area contributed by atoms with Gasteiger partial charge in [-0.25, -0.2) is 0 Å². The van der Waals surface area contributed by atoms with E-state index in [1.54, 1.807) is 36.4 Å². The molecule has 0 radical (unpaired) electrons. The first-order valence-electron chi connectivity index (χ1n) is 7.01. The molecule has 1 N–H and O–H groups in total. The van der Waals surface area contributed by atoms with E-state index in [9.17, 15) is 10.1 Å². The van der Waals surface area contributed by atoms with Crippen LogP contribution in [0.15, 0.2) is 48.0 Å². The predicted molar refractivity (Wildman–Crippen MR) is 96.2 cm³/mol. The number of hydrogen-bond acceptors (Lipinski definition) is 4. The largest absolute Gasteiger partial charge is 0.479 e. The van der Waals surface area contributed by atoms with Gasteiger partial charge in [-0.3, -0.25) is 4.79 Å². The summed E-state index contributed by atoms with van der Waals surface area (Å²) in [5.41, 5.74) is 0.857. The number of rotatable bonds is 5. The van der Waals surface area contributed by atoms with Crippen molar-refractivity contribution in [3.63, 3.8) is 0 Å². The molecular weight excluding hydrogens is 361 g/mol. The molecule has 2 aromatic carbocycles.